The molecule has 1 fully saturated rings. The maximum absolute atomic E-state index is 5.70. The van der Waals surface area contributed by atoms with E-state index in [0.717, 1.165) is 65.4 Å². The first-order chi connectivity index (χ1) is 8.93. The van der Waals surface area contributed by atoms with Crippen molar-refractivity contribution < 1.29 is 4.74 Å². The first-order valence-electron chi connectivity index (χ1n) is 7.36. The van der Waals surface area contributed by atoms with Crippen LogP contribution in [0.5, 0.6) is 0 Å². The van der Waals surface area contributed by atoms with Crippen molar-refractivity contribution in [2.24, 2.45) is 0 Å². The van der Waals surface area contributed by atoms with Crippen LogP contribution in [-0.4, -0.2) is 65.1 Å². The highest BCUT2D eigenvalue weighted by Gasteiger charge is 2.07. The summed E-state index contributed by atoms with van der Waals surface area (Å²) < 4.78 is 5.70. The van der Waals surface area contributed by atoms with Crippen molar-refractivity contribution in [1.82, 2.24) is 21.3 Å². The maximum Gasteiger partial charge on any atom is 0.0632 e. The Kier molecular flexibility index (Phi) is 10.5. The topological polar surface area (TPSA) is 57.4 Å². The van der Waals surface area contributed by atoms with E-state index >= 15 is 0 Å². The summed E-state index contributed by atoms with van der Waals surface area (Å²) >= 11 is 0. The standard InChI is InChI=1S/C13H30N4O/c1-2-3-10-18-12-13-11-16-7-6-14-4-5-15-8-9-17-13/h13-17H,2-12H2,1H3. The van der Waals surface area contributed by atoms with Crippen molar-refractivity contribution in [3.05, 3.63) is 0 Å². The maximum atomic E-state index is 5.70. The summed E-state index contributed by atoms with van der Waals surface area (Å²) in [5.74, 6) is 0. The summed E-state index contributed by atoms with van der Waals surface area (Å²) in [7, 11) is 0. The molecule has 18 heavy (non-hydrogen) atoms. The molecule has 1 rings (SSSR count). The Bertz CT molecular complexity index is 166. The lowest BCUT2D eigenvalue weighted by Crippen LogP contribution is -2.47. The number of hydrogen-bond donors (Lipinski definition) is 4. The molecule has 0 spiro atoms. The van der Waals surface area contributed by atoms with Gasteiger partial charge in [-0.3, -0.25) is 0 Å². The molecular formula is C13H30N4O. The smallest absolute Gasteiger partial charge is 0.0632 e. The molecule has 1 unspecified atom stereocenters. The van der Waals surface area contributed by atoms with Gasteiger partial charge in [0.15, 0.2) is 0 Å². The van der Waals surface area contributed by atoms with Crippen LogP contribution in [0.2, 0.25) is 0 Å². The fourth-order valence-electron chi connectivity index (χ4n) is 1.91. The van der Waals surface area contributed by atoms with E-state index in [4.69, 9.17) is 4.74 Å². The van der Waals surface area contributed by atoms with Gasteiger partial charge in [0.05, 0.1) is 6.61 Å². The van der Waals surface area contributed by atoms with Gasteiger partial charge in [-0.15, -0.1) is 0 Å². The van der Waals surface area contributed by atoms with Gasteiger partial charge in [-0.25, -0.2) is 0 Å². The third-order valence-electron chi connectivity index (χ3n) is 3.04. The Hall–Kier alpha value is -0.200. The highest BCUT2D eigenvalue weighted by atomic mass is 16.5. The highest BCUT2D eigenvalue weighted by molar-refractivity contribution is 4.71. The summed E-state index contributed by atoms with van der Waals surface area (Å²) in [6.45, 7) is 11.0. The van der Waals surface area contributed by atoms with Crippen LogP contribution < -0.4 is 21.3 Å². The quantitative estimate of drug-likeness (QED) is 0.503. The summed E-state index contributed by atoms with van der Waals surface area (Å²) in [4.78, 5) is 0. The fourth-order valence-corrected chi connectivity index (χ4v) is 1.91. The van der Waals surface area contributed by atoms with Gasteiger partial charge in [-0.05, 0) is 6.42 Å². The molecule has 1 aliphatic heterocycles. The monoisotopic (exact) mass is 258 g/mol. The van der Waals surface area contributed by atoms with E-state index < -0.39 is 0 Å². The van der Waals surface area contributed by atoms with Gasteiger partial charge in [0.2, 0.25) is 0 Å². The van der Waals surface area contributed by atoms with Crippen LogP contribution in [0.25, 0.3) is 0 Å². The highest BCUT2D eigenvalue weighted by Crippen LogP contribution is 1.91. The van der Waals surface area contributed by atoms with E-state index in [1.165, 1.54) is 6.42 Å². The number of rotatable bonds is 5. The molecule has 0 aromatic carbocycles. The van der Waals surface area contributed by atoms with Crippen LogP contribution in [0, 0.1) is 0 Å². The van der Waals surface area contributed by atoms with Gasteiger partial charge in [0.1, 0.15) is 0 Å². The number of unbranched alkanes of at least 4 members (excludes halogenated alkanes) is 1. The zero-order valence-electron chi connectivity index (χ0n) is 11.8. The van der Waals surface area contributed by atoms with E-state index in [2.05, 4.69) is 28.2 Å². The predicted molar refractivity (Wildman–Crippen MR) is 76.1 cm³/mol. The molecule has 1 atom stereocenters. The molecule has 0 radical (unpaired) electrons. The van der Waals surface area contributed by atoms with Crippen LogP contribution >= 0.6 is 0 Å². The van der Waals surface area contributed by atoms with Gasteiger partial charge in [-0.1, -0.05) is 13.3 Å². The molecular weight excluding hydrogens is 228 g/mol. The summed E-state index contributed by atoms with van der Waals surface area (Å²) in [6, 6.07) is 0.420. The van der Waals surface area contributed by atoms with E-state index in [9.17, 15) is 0 Å². The average molecular weight is 258 g/mol. The second kappa shape index (κ2) is 11.9. The lowest BCUT2D eigenvalue weighted by molar-refractivity contribution is 0.108. The molecule has 1 heterocycles. The minimum absolute atomic E-state index is 0.420. The van der Waals surface area contributed by atoms with Crippen molar-refractivity contribution in [2.75, 3.05) is 59.0 Å². The number of ether oxygens (including phenoxy) is 1. The number of nitrogens with one attached hydrogen (secondary N) is 4. The number of hydrogen-bond acceptors (Lipinski definition) is 5. The van der Waals surface area contributed by atoms with E-state index in [-0.39, 0.29) is 0 Å². The van der Waals surface area contributed by atoms with Gasteiger partial charge < -0.3 is 26.0 Å². The summed E-state index contributed by atoms with van der Waals surface area (Å²) in [6.07, 6.45) is 2.36. The van der Waals surface area contributed by atoms with Crippen LogP contribution in [0.3, 0.4) is 0 Å². The zero-order valence-corrected chi connectivity index (χ0v) is 11.8. The molecule has 0 aliphatic carbocycles. The van der Waals surface area contributed by atoms with Crippen LogP contribution in [0.4, 0.5) is 0 Å². The Morgan fingerprint density at radius 3 is 2.33 bits per heavy atom. The molecule has 0 amide bonds. The van der Waals surface area contributed by atoms with Crippen molar-refractivity contribution in [1.29, 1.82) is 0 Å². The minimum atomic E-state index is 0.420. The zero-order chi connectivity index (χ0) is 12.9. The Morgan fingerprint density at radius 2 is 1.61 bits per heavy atom. The van der Waals surface area contributed by atoms with Crippen LogP contribution in [0.1, 0.15) is 19.8 Å². The molecule has 4 N–H and O–H groups in total. The Balaban J connectivity index is 2.14. The third-order valence-corrected chi connectivity index (χ3v) is 3.04. The minimum Gasteiger partial charge on any atom is -0.380 e. The normalized spacial score (nSPS) is 24.2. The second-order valence-electron chi connectivity index (χ2n) is 4.78. The van der Waals surface area contributed by atoms with Crippen molar-refractivity contribution in [2.45, 2.75) is 25.8 Å². The van der Waals surface area contributed by atoms with E-state index in [1.54, 1.807) is 0 Å². The second-order valence-corrected chi connectivity index (χ2v) is 4.78. The third kappa shape index (κ3) is 8.83. The average Bonchev–Trinajstić information content (AvgIpc) is 2.37. The van der Waals surface area contributed by atoms with Gasteiger partial charge >= 0.3 is 0 Å². The first kappa shape index (κ1) is 15.9. The molecule has 1 aliphatic rings. The lowest BCUT2D eigenvalue weighted by Gasteiger charge is -2.21. The first-order valence-corrected chi connectivity index (χ1v) is 7.36. The molecule has 1 saturated heterocycles. The van der Waals surface area contributed by atoms with E-state index in [0.29, 0.717) is 6.04 Å². The van der Waals surface area contributed by atoms with Gasteiger partial charge in [0.25, 0.3) is 0 Å². The van der Waals surface area contributed by atoms with Crippen molar-refractivity contribution in [3.8, 4) is 0 Å². The van der Waals surface area contributed by atoms with Gasteiger partial charge in [0, 0.05) is 58.5 Å². The molecule has 108 valence electrons. The molecule has 5 heteroatoms. The molecule has 0 aromatic heterocycles. The van der Waals surface area contributed by atoms with Crippen LogP contribution in [-0.2, 0) is 4.74 Å². The van der Waals surface area contributed by atoms with E-state index in [1.807, 2.05) is 0 Å². The van der Waals surface area contributed by atoms with Crippen molar-refractivity contribution >= 4 is 0 Å². The SMILES string of the molecule is CCCCOCC1CNCCNCCNCCN1. The van der Waals surface area contributed by atoms with Crippen molar-refractivity contribution in [3.63, 3.8) is 0 Å². The summed E-state index contributed by atoms with van der Waals surface area (Å²) in [5, 5.41) is 13.8. The van der Waals surface area contributed by atoms with Gasteiger partial charge in [-0.2, -0.15) is 0 Å². The van der Waals surface area contributed by atoms with Crippen LogP contribution in [0.15, 0.2) is 0 Å². The lowest BCUT2D eigenvalue weighted by atomic mass is 10.3. The molecule has 0 aromatic rings. The Morgan fingerprint density at radius 1 is 0.944 bits per heavy atom. The predicted octanol–water partition coefficient (Wildman–Crippen LogP) is -0.456. The molecule has 5 nitrogen and oxygen atoms in total. The Labute approximate surface area is 111 Å². The molecule has 0 bridgehead atoms. The molecule has 0 saturated carbocycles. The largest absolute Gasteiger partial charge is 0.380 e. The summed E-state index contributed by atoms with van der Waals surface area (Å²) in [5.41, 5.74) is 0. The fraction of sp³-hybridized carbons (Fsp3) is 1.00.